The SMILES string of the molecule is CC(C)(C)OC(=O)N[C@@H]1CCCCCC=C[C@@H]2C[C@]2(C(=O)O)NC(=O)[C@@H]2C[C@H](n3nc(-c4ccccc4)c(-c4ccccc4)n3)CN2C1=O. The molecule has 2 aromatic carbocycles. The van der Waals surface area contributed by atoms with Gasteiger partial charge in [-0.15, -0.1) is 0 Å². The Morgan fingerprint density at radius 3 is 2.18 bits per heavy atom. The first-order valence-corrected chi connectivity index (χ1v) is 17.0. The Kier molecular flexibility index (Phi) is 9.58. The van der Waals surface area contributed by atoms with Crippen LogP contribution in [0.1, 0.15) is 71.8 Å². The van der Waals surface area contributed by atoms with E-state index >= 15 is 0 Å². The molecule has 49 heavy (non-hydrogen) atoms. The number of carbonyl (C=O) groups is 4. The van der Waals surface area contributed by atoms with Gasteiger partial charge in [0.25, 0.3) is 0 Å². The average Bonchev–Trinajstić information content (AvgIpc) is 3.38. The van der Waals surface area contributed by atoms with E-state index < -0.39 is 53.1 Å². The molecule has 12 heteroatoms. The van der Waals surface area contributed by atoms with Crippen molar-refractivity contribution >= 4 is 23.9 Å². The number of nitrogens with zero attached hydrogens (tertiary/aromatic N) is 4. The summed E-state index contributed by atoms with van der Waals surface area (Å²) >= 11 is 0. The van der Waals surface area contributed by atoms with Crippen LogP contribution in [0.4, 0.5) is 4.79 Å². The van der Waals surface area contributed by atoms with Gasteiger partial charge in [0.15, 0.2) is 0 Å². The smallest absolute Gasteiger partial charge is 0.408 e. The number of rotatable bonds is 5. The Morgan fingerprint density at radius 1 is 0.959 bits per heavy atom. The summed E-state index contributed by atoms with van der Waals surface area (Å²) in [7, 11) is 0. The molecule has 0 radical (unpaired) electrons. The lowest BCUT2D eigenvalue weighted by atomic mass is 10.0. The summed E-state index contributed by atoms with van der Waals surface area (Å²) in [4.78, 5) is 56.9. The molecule has 3 heterocycles. The average molecular weight is 669 g/mol. The fourth-order valence-corrected chi connectivity index (χ4v) is 6.76. The van der Waals surface area contributed by atoms with Gasteiger partial charge < -0.3 is 25.4 Å². The topological polar surface area (TPSA) is 156 Å². The van der Waals surface area contributed by atoms with E-state index in [1.54, 1.807) is 25.6 Å². The summed E-state index contributed by atoms with van der Waals surface area (Å²) in [5.41, 5.74) is 0.854. The van der Waals surface area contributed by atoms with Crippen molar-refractivity contribution in [3.8, 4) is 22.5 Å². The zero-order chi connectivity index (χ0) is 34.8. The second-order valence-corrected chi connectivity index (χ2v) is 14.2. The zero-order valence-electron chi connectivity index (χ0n) is 28.2. The molecule has 12 nitrogen and oxygen atoms in total. The van der Waals surface area contributed by atoms with Crippen molar-refractivity contribution in [3.05, 3.63) is 72.8 Å². The van der Waals surface area contributed by atoms with Gasteiger partial charge >= 0.3 is 12.1 Å². The van der Waals surface area contributed by atoms with Crippen LogP contribution >= 0.6 is 0 Å². The normalized spacial score (nSPS) is 26.1. The lowest BCUT2D eigenvalue weighted by Crippen LogP contribution is -2.56. The maximum absolute atomic E-state index is 14.4. The largest absolute Gasteiger partial charge is 0.479 e. The number of ether oxygens (including phenoxy) is 1. The van der Waals surface area contributed by atoms with Crippen LogP contribution in [-0.2, 0) is 19.1 Å². The van der Waals surface area contributed by atoms with Crippen molar-refractivity contribution < 1.29 is 29.0 Å². The third-order valence-electron chi connectivity index (χ3n) is 9.38. The predicted molar refractivity (Wildman–Crippen MR) is 182 cm³/mol. The van der Waals surface area contributed by atoms with Crippen molar-refractivity contribution in [2.75, 3.05) is 6.54 Å². The molecule has 1 saturated heterocycles. The molecule has 2 aliphatic heterocycles. The highest BCUT2D eigenvalue weighted by molar-refractivity contribution is 5.96. The minimum Gasteiger partial charge on any atom is -0.479 e. The van der Waals surface area contributed by atoms with Crippen LogP contribution in [-0.4, -0.2) is 78.6 Å². The van der Waals surface area contributed by atoms with E-state index in [0.717, 1.165) is 30.4 Å². The number of hydrogen-bond donors (Lipinski definition) is 3. The lowest BCUT2D eigenvalue weighted by molar-refractivity contribution is -0.145. The molecule has 3 aliphatic rings. The number of carboxylic acids is 1. The first-order valence-electron chi connectivity index (χ1n) is 17.0. The molecule has 1 aromatic heterocycles. The van der Waals surface area contributed by atoms with Gasteiger partial charge in [0.1, 0.15) is 34.6 Å². The first kappa shape index (κ1) is 33.9. The summed E-state index contributed by atoms with van der Waals surface area (Å²) in [5, 5.41) is 25.6. The van der Waals surface area contributed by atoms with Gasteiger partial charge in [-0.2, -0.15) is 15.0 Å². The number of aliphatic carboxylic acids is 1. The quantitative estimate of drug-likeness (QED) is 0.316. The molecular formula is C37H44N6O6. The van der Waals surface area contributed by atoms with Crippen LogP contribution in [0.2, 0.25) is 0 Å². The Labute approximate surface area is 285 Å². The summed E-state index contributed by atoms with van der Waals surface area (Å²) in [5.74, 6) is -2.43. The molecule has 5 atom stereocenters. The van der Waals surface area contributed by atoms with E-state index in [1.807, 2.05) is 72.8 Å². The van der Waals surface area contributed by atoms with Gasteiger partial charge in [-0.1, -0.05) is 85.7 Å². The fraction of sp³-hybridized carbons (Fsp3) is 0.459. The molecule has 1 aliphatic carbocycles. The molecule has 0 bridgehead atoms. The Hall–Kier alpha value is -5.00. The lowest BCUT2D eigenvalue weighted by Gasteiger charge is -2.30. The highest BCUT2D eigenvalue weighted by Gasteiger charge is 2.61. The molecule has 3 amide bonds. The molecular weight excluding hydrogens is 624 g/mol. The molecule has 0 spiro atoms. The fourth-order valence-electron chi connectivity index (χ4n) is 6.76. The van der Waals surface area contributed by atoms with Gasteiger partial charge in [0, 0.05) is 30.0 Å². The predicted octanol–water partition coefficient (Wildman–Crippen LogP) is 5.13. The number of allylic oxidation sites excluding steroid dienone is 1. The van der Waals surface area contributed by atoms with Crippen LogP contribution < -0.4 is 10.6 Å². The number of benzene rings is 2. The number of nitrogens with one attached hydrogen (secondary N) is 2. The van der Waals surface area contributed by atoms with E-state index in [9.17, 15) is 24.3 Å². The minimum atomic E-state index is -1.43. The summed E-state index contributed by atoms with van der Waals surface area (Å²) in [6.07, 6.45) is 6.99. The second kappa shape index (κ2) is 13.9. The highest BCUT2D eigenvalue weighted by Crippen LogP contribution is 2.45. The number of carboxylic acid groups (broad SMARTS) is 1. The molecule has 3 aromatic rings. The van der Waals surface area contributed by atoms with E-state index in [1.165, 1.54) is 4.90 Å². The van der Waals surface area contributed by atoms with Gasteiger partial charge in [-0.25, -0.2) is 9.59 Å². The van der Waals surface area contributed by atoms with Crippen molar-refractivity contribution in [2.45, 2.75) is 95.0 Å². The second-order valence-electron chi connectivity index (χ2n) is 14.2. The van der Waals surface area contributed by atoms with Crippen LogP contribution in [0.5, 0.6) is 0 Å². The van der Waals surface area contributed by atoms with Gasteiger partial charge in [0.2, 0.25) is 11.8 Å². The third-order valence-corrected chi connectivity index (χ3v) is 9.38. The Bertz CT molecular complexity index is 1660. The van der Waals surface area contributed by atoms with E-state index in [-0.39, 0.29) is 25.3 Å². The van der Waals surface area contributed by atoms with Gasteiger partial charge in [-0.05, 0) is 46.5 Å². The van der Waals surface area contributed by atoms with Crippen molar-refractivity contribution in [2.24, 2.45) is 5.92 Å². The number of fused-ring (bicyclic) bond motifs is 2. The molecule has 258 valence electrons. The van der Waals surface area contributed by atoms with Crippen LogP contribution in [0.3, 0.4) is 0 Å². The Morgan fingerprint density at radius 2 is 1.59 bits per heavy atom. The summed E-state index contributed by atoms with van der Waals surface area (Å²) in [6, 6.07) is 16.9. The van der Waals surface area contributed by atoms with E-state index in [0.29, 0.717) is 24.2 Å². The maximum Gasteiger partial charge on any atom is 0.408 e. The van der Waals surface area contributed by atoms with Crippen molar-refractivity contribution in [3.63, 3.8) is 0 Å². The molecule has 6 rings (SSSR count). The highest BCUT2D eigenvalue weighted by atomic mass is 16.6. The third kappa shape index (κ3) is 7.53. The monoisotopic (exact) mass is 668 g/mol. The van der Waals surface area contributed by atoms with Crippen molar-refractivity contribution in [1.29, 1.82) is 0 Å². The van der Waals surface area contributed by atoms with Crippen LogP contribution in [0.15, 0.2) is 72.8 Å². The van der Waals surface area contributed by atoms with Crippen LogP contribution in [0.25, 0.3) is 22.5 Å². The summed E-state index contributed by atoms with van der Waals surface area (Å²) in [6.45, 7) is 5.33. The van der Waals surface area contributed by atoms with E-state index in [4.69, 9.17) is 14.9 Å². The molecule has 0 unspecified atom stereocenters. The van der Waals surface area contributed by atoms with Crippen molar-refractivity contribution in [1.82, 2.24) is 30.5 Å². The molecule has 2 fully saturated rings. The number of hydrogen-bond acceptors (Lipinski definition) is 7. The van der Waals surface area contributed by atoms with Gasteiger partial charge in [0.05, 0.1) is 6.04 Å². The number of carbonyl (C=O) groups excluding carboxylic acids is 3. The molecule has 1 saturated carbocycles. The summed E-state index contributed by atoms with van der Waals surface area (Å²) < 4.78 is 5.50. The number of amides is 3. The zero-order valence-corrected chi connectivity index (χ0v) is 28.2. The first-order chi connectivity index (χ1) is 23.4. The standard InChI is InChI=1S/C37H44N6O6/c1-36(2,3)49-35(48)38-28-20-14-6-4-5-13-19-26-22-37(26,34(46)47)39-32(44)29-21-27(23-42(29)33(28)45)43-40-30(24-15-9-7-10-16-24)31(41-43)25-17-11-8-12-18-25/h7-13,15-19,26-29H,4-6,14,20-23H2,1-3H3,(H,38,48)(H,39,44)(H,46,47)/t26-,27+,28-,29+,37+/m1/s1. The molecule has 3 N–H and O–H groups in total. The van der Waals surface area contributed by atoms with E-state index in [2.05, 4.69) is 10.6 Å². The maximum atomic E-state index is 14.4. The Balaban J connectivity index is 1.36. The van der Waals surface area contributed by atoms with Crippen LogP contribution in [0, 0.1) is 5.92 Å². The number of alkyl carbamates (subject to hydrolysis) is 1. The van der Waals surface area contributed by atoms with Gasteiger partial charge in [-0.3, -0.25) is 9.59 Å². The minimum absolute atomic E-state index is 0.0873. The number of aromatic nitrogens is 3.